The fourth-order valence-corrected chi connectivity index (χ4v) is 4.56. The molecule has 90 valence electrons. The summed E-state index contributed by atoms with van der Waals surface area (Å²) in [5, 5.41) is 0. The molecular formula is C14H16FeS2+2. The topological polar surface area (TPSA) is 0 Å². The molecule has 0 aromatic carbocycles. The molecule has 3 aliphatic rings. The van der Waals surface area contributed by atoms with Gasteiger partial charge in [-0.3, -0.25) is 0 Å². The third kappa shape index (κ3) is 5.01. The molecule has 0 nitrogen and oxygen atoms in total. The van der Waals surface area contributed by atoms with Gasteiger partial charge in [0.15, 0.2) is 0 Å². The first kappa shape index (κ1) is 16.3. The molecular weight excluding hydrogens is 288 g/mol. The van der Waals surface area contributed by atoms with Crippen LogP contribution in [0.15, 0.2) is 0 Å². The van der Waals surface area contributed by atoms with Gasteiger partial charge in [-0.2, -0.15) is 0 Å². The summed E-state index contributed by atoms with van der Waals surface area (Å²) in [6.45, 7) is 2.32. The average Bonchev–Trinajstić information content (AvgIpc) is 3.04. The zero-order valence-corrected chi connectivity index (χ0v) is 12.5. The zero-order valence-electron chi connectivity index (χ0n) is 9.78. The Bertz CT molecular complexity index is 185. The summed E-state index contributed by atoms with van der Waals surface area (Å²) in [5.41, 5.74) is 0. The first-order chi connectivity index (χ1) is 7.81. The van der Waals surface area contributed by atoms with E-state index >= 15 is 0 Å². The van der Waals surface area contributed by atoms with Gasteiger partial charge in [0, 0.05) is 17.4 Å². The van der Waals surface area contributed by atoms with Gasteiger partial charge in [0.25, 0.3) is 0 Å². The Labute approximate surface area is 126 Å². The Balaban J connectivity index is 0.000000205. The van der Waals surface area contributed by atoms with Crippen molar-refractivity contribution in [3.05, 3.63) is 63.7 Å². The zero-order chi connectivity index (χ0) is 11.3. The molecule has 0 aromatic heterocycles. The molecule has 1 aliphatic heterocycles. The van der Waals surface area contributed by atoms with Gasteiger partial charge >= 0.3 is 17.1 Å². The van der Waals surface area contributed by atoms with Crippen LogP contribution in [0.2, 0.25) is 0 Å². The van der Waals surface area contributed by atoms with Gasteiger partial charge in [-0.1, -0.05) is 0 Å². The third-order valence-corrected chi connectivity index (χ3v) is 5.94. The minimum Gasteiger partial charge on any atom is -0.143 e. The van der Waals surface area contributed by atoms with E-state index in [2.05, 4.69) is 56.1 Å². The van der Waals surface area contributed by atoms with E-state index in [-0.39, 0.29) is 17.1 Å². The maximum atomic E-state index is 2.32. The Morgan fingerprint density at radius 1 is 0.824 bits per heavy atom. The minimum atomic E-state index is 0. The molecule has 0 amide bonds. The van der Waals surface area contributed by atoms with E-state index in [1.54, 1.807) is 0 Å². The summed E-state index contributed by atoms with van der Waals surface area (Å²) in [4.78, 5) is 0. The number of hydrogen-bond donors (Lipinski definition) is 0. The minimum absolute atomic E-state index is 0. The number of rotatable bonds is 1. The van der Waals surface area contributed by atoms with Crippen molar-refractivity contribution < 1.29 is 17.1 Å². The maximum Gasteiger partial charge on any atom is 2.00 e. The van der Waals surface area contributed by atoms with E-state index < -0.39 is 0 Å². The molecule has 3 fully saturated rings. The SMILES string of the molecule is CC1([C]2[CH][CH][CH][CH]2)SCCS1.[CH]1[CH][CH][CH][CH]1.[Fe+2]. The van der Waals surface area contributed by atoms with Gasteiger partial charge in [0.05, 0.1) is 4.08 Å². The van der Waals surface area contributed by atoms with Gasteiger partial charge in [-0.25, -0.2) is 0 Å². The normalized spacial score (nSPS) is 27.4. The van der Waals surface area contributed by atoms with Crippen LogP contribution in [0, 0.1) is 63.7 Å². The molecule has 0 N–H and O–H groups in total. The molecule has 10 radical (unpaired) electrons. The summed E-state index contributed by atoms with van der Waals surface area (Å²) < 4.78 is 0.351. The molecule has 0 unspecified atom stereocenters. The summed E-state index contributed by atoms with van der Waals surface area (Å²) >= 11 is 4.13. The van der Waals surface area contributed by atoms with E-state index in [1.165, 1.54) is 17.4 Å². The fraction of sp³-hybridized carbons (Fsp3) is 0.286. The largest absolute Gasteiger partial charge is 2.00 e. The molecule has 1 saturated heterocycles. The average molecular weight is 304 g/mol. The van der Waals surface area contributed by atoms with Crippen LogP contribution < -0.4 is 0 Å². The standard InChI is InChI=1S/C9H11S2.C5H5.Fe/c1-9(10-6-7-11-9)8-4-2-3-5-8;1-2-4-5-3-1;/h2-5H,6-7H2,1H3;1-5H;/q;;+2. The first-order valence-corrected chi connectivity index (χ1v) is 7.45. The van der Waals surface area contributed by atoms with Crippen molar-refractivity contribution in [2.45, 2.75) is 11.0 Å². The monoisotopic (exact) mass is 304 g/mol. The van der Waals surface area contributed by atoms with Crippen LogP contribution in [-0.2, 0) is 17.1 Å². The Kier molecular flexibility index (Phi) is 8.04. The van der Waals surface area contributed by atoms with E-state index in [1.807, 2.05) is 32.1 Å². The van der Waals surface area contributed by atoms with Crippen LogP contribution in [0.25, 0.3) is 0 Å². The van der Waals surface area contributed by atoms with Crippen LogP contribution in [0.3, 0.4) is 0 Å². The van der Waals surface area contributed by atoms with Gasteiger partial charge in [-0.05, 0) is 64.7 Å². The van der Waals surface area contributed by atoms with E-state index in [4.69, 9.17) is 0 Å². The van der Waals surface area contributed by atoms with Crippen LogP contribution in [-0.4, -0.2) is 15.6 Å². The summed E-state index contributed by atoms with van der Waals surface area (Å²) in [6.07, 6.45) is 18.7. The van der Waals surface area contributed by atoms with E-state index in [9.17, 15) is 0 Å². The van der Waals surface area contributed by atoms with Gasteiger partial charge in [-0.15, -0.1) is 23.5 Å². The van der Waals surface area contributed by atoms with Crippen molar-refractivity contribution in [1.29, 1.82) is 0 Å². The predicted octanol–water partition coefficient (Wildman–Crippen LogP) is 3.61. The van der Waals surface area contributed by atoms with Crippen molar-refractivity contribution in [2.75, 3.05) is 11.5 Å². The predicted molar refractivity (Wildman–Crippen MR) is 75.3 cm³/mol. The molecule has 3 heteroatoms. The van der Waals surface area contributed by atoms with Gasteiger partial charge in [0.1, 0.15) is 0 Å². The molecule has 0 spiro atoms. The smallest absolute Gasteiger partial charge is 0.143 e. The molecule has 0 atom stereocenters. The summed E-state index contributed by atoms with van der Waals surface area (Å²) in [5.74, 6) is 4.07. The molecule has 0 aromatic rings. The van der Waals surface area contributed by atoms with Crippen molar-refractivity contribution in [3.8, 4) is 0 Å². The second-order valence-electron chi connectivity index (χ2n) is 3.78. The summed E-state index contributed by atoms with van der Waals surface area (Å²) in [7, 11) is 0. The summed E-state index contributed by atoms with van der Waals surface area (Å²) in [6, 6.07) is 0. The molecule has 2 saturated carbocycles. The van der Waals surface area contributed by atoms with Crippen molar-refractivity contribution in [1.82, 2.24) is 0 Å². The van der Waals surface area contributed by atoms with Crippen LogP contribution in [0.5, 0.6) is 0 Å². The Morgan fingerprint density at radius 3 is 1.65 bits per heavy atom. The molecule has 0 bridgehead atoms. The Morgan fingerprint density at radius 2 is 1.24 bits per heavy atom. The first-order valence-electron chi connectivity index (χ1n) is 5.48. The van der Waals surface area contributed by atoms with Crippen LogP contribution in [0.4, 0.5) is 0 Å². The Hall–Kier alpha value is 1.22. The van der Waals surface area contributed by atoms with Gasteiger partial charge < -0.3 is 0 Å². The van der Waals surface area contributed by atoms with E-state index in [0.717, 1.165) is 0 Å². The van der Waals surface area contributed by atoms with Crippen molar-refractivity contribution in [3.63, 3.8) is 0 Å². The molecule has 2 aliphatic carbocycles. The number of thioether (sulfide) groups is 2. The van der Waals surface area contributed by atoms with Crippen LogP contribution in [0.1, 0.15) is 6.92 Å². The second kappa shape index (κ2) is 8.40. The maximum absolute atomic E-state index is 2.32. The molecule has 1 heterocycles. The third-order valence-electron chi connectivity index (χ3n) is 2.58. The quantitative estimate of drug-likeness (QED) is 0.679. The second-order valence-corrected chi connectivity index (χ2v) is 7.06. The number of hydrogen-bond acceptors (Lipinski definition) is 2. The van der Waals surface area contributed by atoms with E-state index in [0.29, 0.717) is 4.08 Å². The van der Waals surface area contributed by atoms with Gasteiger partial charge in [0.2, 0.25) is 0 Å². The molecule has 17 heavy (non-hydrogen) atoms. The molecule has 3 rings (SSSR count). The van der Waals surface area contributed by atoms with Crippen molar-refractivity contribution >= 4 is 23.5 Å². The fourth-order valence-electron chi connectivity index (χ4n) is 1.68. The van der Waals surface area contributed by atoms with Crippen molar-refractivity contribution in [2.24, 2.45) is 0 Å². The van der Waals surface area contributed by atoms with Crippen LogP contribution >= 0.6 is 23.5 Å².